The molecule has 0 aromatic heterocycles. The second-order valence-electron chi connectivity index (χ2n) is 7.35. The van der Waals surface area contributed by atoms with Crippen LogP contribution >= 0.6 is 11.6 Å². The Morgan fingerprint density at radius 2 is 1.68 bits per heavy atom. The second kappa shape index (κ2) is 11.6. The van der Waals surface area contributed by atoms with Crippen LogP contribution in [0.3, 0.4) is 0 Å². The maximum Gasteiger partial charge on any atom is 0.261 e. The first kappa shape index (κ1) is 24.5. The maximum atomic E-state index is 13.2. The van der Waals surface area contributed by atoms with Crippen molar-refractivity contribution in [2.24, 2.45) is 0 Å². The first-order valence-electron chi connectivity index (χ1n) is 10.4. The van der Waals surface area contributed by atoms with Gasteiger partial charge in [-0.05, 0) is 68.1 Å². The summed E-state index contributed by atoms with van der Waals surface area (Å²) in [6, 6.07) is 10.5. The molecule has 0 aliphatic carbocycles. The van der Waals surface area contributed by atoms with Crippen LogP contribution in [0.5, 0.6) is 11.5 Å². The van der Waals surface area contributed by atoms with Crippen molar-refractivity contribution in [2.75, 3.05) is 20.3 Å². The average Bonchev–Trinajstić information content (AvgIpc) is 2.76. The fourth-order valence-corrected chi connectivity index (χ4v) is 3.47. The second-order valence-corrected chi connectivity index (χ2v) is 7.73. The lowest BCUT2D eigenvalue weighted by molar-refractivity contribution is -0.142. The van der Waals surface area contributed by atoms with Gasteiger partial charge < -0.3 is 19.7 Å². The molecule has 2 rings (SSSR count). The summed E-state index contributed by atoms with van der Waals surface area (Å²) in [5.74, 6) is 0.863. The van der Waals surface area contributed by atoms with Crippen LogP contribution in [0, 0.1) is 13.8 Å². The summed E-state index contributed by atoms with van der Waals surface area (Å²) in [5.41, 5.74) is 2.66. The molecule has 6 nitrogen and oxygen atoms in total. The van der Waals surface area contributed by atoms with Crippen molar-refractivity contribution in [2.45, 2.75) is 46.7 Å². The van der Waals surface area contributed by atoms with Gasteiger partial charge in [0.2, 0.25) is 5.91 Å². The van der Waals surface area contributed by atoms with Gasteiger partial charge in [-0.1, -0.05) is 30.7 Å². The third-order valence-electron chi connectivity index (χ3n) is 5.02. The van der Waals surface area contributed by atoms with Crippen molar-refractivity contribution in [1.82, 2.24) is 10.2 Å². The van der Waals surface area contributed by atoms with Crippen LogP contribution in [-0.4, -0.2) is 43.0 Å². The molecule has 1 atom stereocenters. The third kappa shape index (κ3) is 6.62. The first-order chi connectivity index (χ1) is 14.8. The van der Waals surface area contributed by atoms with E-state index in [0.29, 0.717) is 30.3 Å². The number of aryl methyl sites for hydroxylation is 2. The molecule has 2 amide bonds. The molecule has 0 fully saturated rings. The monoisotopic (exact) mass is 446 g/mol. The number of hydrogen-bond donors (Lipinski definition) is 1. The summed E-state index contributed by atoms with van der Waals surface area (Å²) < 4.78 is 11.0. The molecule has 0 aliphatic heterocycles. The zero-order valence-electron chi connectivity index (χ0n) is 18.8. The van der Waals surface area contributed by atoms with E-state index >= 15 is 0 Å². The lowest BCUT2D eigenvalue weighted by Crippen LogP contribution is -2.50. The van der Waals surface area contributed by atoms with Gasteiger partial charge in [-0.3, -0.25) is 9.59 Å². The minimum absolute atomic E-state index is 0.174. The van der Waals surface area contributed by atoms with Gasteiger partial charge in [0.25, 0.3) is 5.91 Å². The van der Waals surface area contributed by atoms with Gasteiger partial charge in [-0.2, -0.15) is 0 Å². The normalized spacial score (nSPS) is 11.5. The van der Waals surface area contributed by atoms with E-state index in [1.54, 1.807) is 24.1 Å². The average molecular weight is 447 g/mol. The molecule has 0 saturated carbocycles. The molecule has 0 saturated heterocycles. The largest absolute Gasteiger partial charge is 0.497 e. The molecule has 31 heavy (non-hydrogen) atoms. The van der Waals surface area contributed by atoms with E-state index in [0.717, 1.165) is 22.4 Å². The molecule has 2 aromatic rings. The van der Waals surface area contributed by atoms with Gasteiger partial charge in [0.05, 0.1) is 7.11 Å². The highest BCUT2D eigenvalue weighted by Crippen LogP contribution is 2.26. The van der Waals surface area contributed by atoms with E-state index in [-0.39, 0.29) is 18.4 Å². The van der Waals surface area contributed by atoms with E-state index in [4.69, 9.17) is 21.1 Å². The number of rotatable bonds is 10. The van der Waals surface area contributed by atoms with Gasteiger partial charge in [0, 0.05) is 18.1 Å². The zero-order chi connectivity index (χ0) is 23.0. The number of hydrogen-bond acceptors (Lipinski definition) is 4. The Bertz CT molecular complexity index is 876. The smallest absolute Gasteiger partial charge is 0.261 e. The molecule has 0 bridgehead atoms. The van der Waals surface area contributed by atoms with Crippen LogP contribution in [0.4, 0.5) is 0 Å². The molecular formula is C24H31ClN2O4. The Hall–Kier alpha value is -2.73. The van der Waals surface area contributed by atoms with Crippen molar-refractivity contribution in [1.29, 1.82) is 0 Å². The quantitative estimate of drug-likeness (QED) is 0.591. The van der Waals surface area contributed by atoms with Gasteiger partial charge in [-0.15, -0.1) is 0 Å². The molecule has 0 unspecified atom stereocenters. The number of amides is 2. The number of methoxy groups -OCH3 is 1. The Kier molecular flexibility index (Phi) is 9.19. The molecule has 0 heterocycles. The number of likely N-dealkylation sites (N-methyl/N-ethyl adjacent to an activating group) is 1. The Morgan fingerprint density at radius 1 is 1.06 bits per heavy atom. The summed E-state index contributed by atoms with van der Waals surface area (Å²) in [7, 11) is 1.60. The number of benzene rings is 2. The van der Waals surface area contributed by atoms with E-state index in [2.05, 4.69) is 5.32 Å². The van der Waals surface area contributed by atoms with E-state index < -0.39 is 6.04 Å². The van der Waals surface area contributed by atoms with Crippen LogP contribution < -0.4 is 14.8 Å². The number of carbonyl (C=O) groups is 2. The summed E-state index contributed by atoms with van der Waals surface area (Å²) in [4.78, 5) is 27.4. The lowest BCUT2D eigenvalue weighted by atomic mass is 10.1. The fraction of sp³-hybridized carbons (Fsp3) is 0.417. The SMILES string of the molecule is CCNC(=O)[C@@H](CC)N(Cc1ccc(OC)cc1)C(=O)COc1cc(C)c(Cl)c(C)c1. The van der Waals surface area contributed by atoms with E-state index in [1.807, 2.05) is 52.0 Å². The molecule has 0 radical (unpaired) electrons. The lowest BCUT2D eigenvalue weighted by Gasteiger charge is -2.30. The molecule has 0 aliphatic rings. The standard InChI is InChI=1S/C24H31ClN2O4/c1-6-21(24(29)26-7-2)27(14-18-8-10-19(30-5)11-9-18)22(28)15-31-20-12-16(3)23(25)17(4)13-20/h8-13,21H,6-7,14-15H2,1-5H3,(H,26,29)/t21-/m1/s1. The molecule has 7 heteroatoms. The number of ether oxygens (including phenoxy) is 2. The third-order valence-corrected chi connectivity index (χ3v) is 5.62. The van der Waals surface area contributed by atoms with Crippen molar-refractivity contribution >= 4 is 23.4 Å². The molecule has 0 spiro atoms. The van der Waals surface area contributed by atoms with Gasteiger partial charge in [0.1, 0.15) is 17.5 Å². The minimum Gasteiger partial charge on any atom is -0.497 e. The van der Waals surface area contributed by atoms with Crippen LogP contribution in [0.25, 0.3) is 0 Å². The van der Waals surface area contributed by atoms with Crippen molar-refractivity contribution in [3.8, 4) is 11.5 Å². The zero-order valence-corrected chi connectivity index (χ0v) is 19.6. The van der Waals surface area contributed by atoms with Gasteiger partial charge in [-0.25, -0.2) is 0 Å². The predicted octanol–water partition coefficient (Wildman–Crippen LogP) is 4.29. The van der Waals surface area contributed by atoms with E-state index in [9.17, 15) is 9.59 Å². The Labute approximate surface area is 189 Å². The first-order valence-corrected chi connectivity index (χ1v) is 10.8. The molecule has 1 N–H and O–H groups in total. The number of carbonyl (C=O) groups excluding carboxylic acids is 2. The summed E-state index contributed by atoms with van der Waals surface area (Å²) in [6.07, 6.45) is 0.493. The van der Waals surface area contributed by atoms with Gasteiger partial charge in [0.15, 0.2) is 6.61 Å². The fourth-order valence-electron chi connectivity index (χ4n) is 3.36. The highest BCUT2D eigenvalue weighted by molar-refractivity contribution is 6.32. The van der Waals surface area contributed by atoms with Gasteiger partial charge >= 0.3 is 0 Å². The number of halogens is 1. The predicted molar refractivity (Wildman–Crippen MR) is 123 cm³/mol. The maximum absolute atomic E-state index is 13.2. The summed E-state index contributed by atoms with van der Waals surface area (Å²) in [6.45, 7) is 8.15. The van der Waals surface area contributed by atoms with Crippen molar-refractivity contribution in [3.63, 3.8) is 0 Å². The van der Waals surface area contributed by atoms with Crippen molar-refractivity contribution < 1.29 is 19.1 Å². The van der Waals surface area contributed by atoms with Crippen LogP contribution in [-0.2, 0) is 16.1 Å². The highest BCUT2D eigenvalue weighted by Gasteiger charge is 2.28. The minimum atomic E-state index is -0.591. The van der Waals surface area contributed by atoms with E-state index in [1.165, 1.54) is 0 Å². The van der Waals surface area contributed by atoms with Crippen LogP contribution in [0.15, 0.2) is 36.4 Å². The number of nitrogens with one attached hydrogen (secondary N) is 1. The molecular weight excluding hydrogens is 416 g/mol. The van der Waals surface area contributed by atoms with Crippen LogP contribution in [0.2, 0.25) is 5.02 Å². The molecule has 2 aromatic carbocycles. The molecule has 168 valence electrons. The Balaban J connectivity index is 2.22. The van der Waals surface area contributed by atoms with Crippen molar-refractivity contribution in [3.05, 3.63) is 58.1 Å². The number of nitrogens with zero attached hydrogens (tertiary/aromatic N) is 1. The summed E-state index contributed by atoms with van der Waals surface area (Å²) in [5, 5.41) is 3.51. The highest BCUT2D eigenvalue weighted by atomic mass is 35.5. The topological polar surface area (TPSA) is 67.9 Å². The summed E-state index contributed by atoms with van der Waals surface area (Å²) >= 11 is 6.22. The van der Waals surface area contributed by atoms with Crippen LogP contribution in [0.1, 0.15) is 37.0 Å². The Morgan fingerprint density at radius 3 is 2.19 bits per heavy atom.